The average molecular weight is 332 g/mol. The quantitative estimate of drug-likeness (QED) is 0.917. The summed E-state index contributed by atoms with van der Waals surface area (Å²) in [4.78, 5) is 14.6. The van der Waals surface area contributed by atoms with Crippen LogP contribution in [0.4, 0.5) is 4.79 Å². The number of likely N-dealkylation sites (tertiary alicyclic amines) is 1. The van der Waals surface area contributed by atoms with Gasteiger partial charge in [-0.05, 0) is 57.4 Å². The zero-order valence-corrected chi connectivity index (χ0v) is 14.8. The van der Waals surface area contributed by atoms with Gasteiger partial charge in [0.2, 0.25) is 0 Å². The van der Waals surface area contributed by atoms with Gasteiger partial charge in [-0.15, -0.1) is 0 Å². The van der Waals surface area contributed by atoms with Crippen molar-refractivity contribution in [2.24, 2.45) is 17.8 Å². The molecular weight excluding hydrogens is 304 g/mol. The molecule has 6 heteroatoms. The molecule has 1 saturated heterocycles. The highest BCUT2D eigenvalue weighted by Crippen LogP contribution is 2.55. The van der Waals surface area contributed by atoms with Crippen LogP contribution >= 0.6 is 0 Å². The first-order valence-corrected chi connectivity index (χ1v) is 9.13. The van der Waals surface area contributed by atoms with Crippen molar-refractivity contribution in [3.63, 3.8) is 0 Å². The van der Waals surface area contributed by atoms with Crippen molar-refractivity contribution < 1.29 is 9.53 Å². The van der Waals surface area contributed by atoms with E-state index in [0.29, 0.717) is 29.8 Å². The van der Waals surface area contributed by atoms with Gasteiger partial charge in [0.1, 0.15) is 5.60 Å². The first-order valence-electron chi connectivity index (χ1n) is 9.13. The first kappa shape index (κ1) is 15.9. The maximum Gasteiger partial charge on any atom is 0.410 e. The average Bonchev–Trinajstić information content (AvgIpc) is 3.20. The first-order chi connectivity index (χ1) is 11.4. The van der Waals surface area contributed by atoms with E-state index in [2.05, 4.69) is 10.4 Å². The molecule has 4 rings (SSSR count). The lowest BCUT2D eigenvalue weighted by Crippen LogP contribution is -2.52. The standard InChI is InChI=1S/C18H28N4O2/c1-18(2,3)24-17(23)22-11-13-9-12-10-14(13)16(22)15(12)19-6-8-21-7-4-5-20-21/h4-5,7,12-16,19H,6,8-11H2,1-3H3/t12-,13-,14+,15-,16+/m0/s1. The molecule has 1 amide bonds. The van der Waals surface area contributed by atoms with Crippen LogP contribution in [0.1, 0.15) is 33.6 Å². The van der Waals surface area contributed by atoms with Crippen molar-refractivity contribution >= 4 is 6.09 Å². The van der Waals surface area contributed by atoms with Crippen molar-refractivity contribution in [2.45, 2.75) is 57.8 Å². The molecule has 1 N–H and O–H groups in total. The number of carbonyl (C=O) groups is 1. The second kappa shape index (κ2) is 5.76. The molecule has 2 aliphatic carbocycles. The van der Waals surface area contributed by atoms with Gasteiger partial charge in [-0.3, -0.25) is 4.68 Å². The Balaban J connectivity index is 1.41. The molecule has 1 aliphatic heterocycles. The molecule has 0 radical (unpaired) electrons. The van der Waals surface area contributed by atoms with Crippen molar-refractivity contribution in [3.8, 4) is 0 Å². The molecule has 132 valence electrons. The number of aromatic nitrogens is 2. The van der Waals surface area contributed by atoms with Gasteiger partial charge in [0, 0.05) is 31.5 Å². The van der Waals surface area contributed by atoms with Gasteiger partial charge in [0.05, 0.1) is 12.6 Å². The number of hydrogen-bond donors (Lipinski definition) is 1. The summed E-state index contributed by atoms with van der Waals surface area (Å²) in [6, 6.07) is 2.65. The van der Waals surface area contributed by atoms with E-state index in [4.69, 9.17) is 4.74 Å². The maximum atomic E-state index is 12.6. The Bertz CT molecular complexity index is 593. The Kier molecular flexibility index (Phi) is 3.82. The van der Waals surface area contributed by atoms with Gasteiger partial charge in [-0.2, -0.15) is 5.10 Å². The third-order valence-corrected chi connectivity index (χ3v) is 5.80. The van der Waals surface area contributed by atoms with Crippen molar-refractivity contribution in [1.29, 1.82) is 0 Å². The van der Waals surface area contributed by atoms with Gasteiger partial charge in [0.15, 0.2) is 0 Å². The number of hydrogen-bond acceptors (Lipinski definition) is 4. The van der Waals surface area contributed by atoms with Gasteiger partial charge >= 0.3 is 6.09 Å². The number of rotatable bonds is 4. The zero-order chi connectivity index (χ0) is 16.9. The van der Waals surface area contributed by atoms with E-state index < -0.39 is 5.60 Å². The molecule has 0 aromatic carbocycles. The summed E-state index contributed by atoms with van der Waals surface area (Å²) in [6.45, 7) is 8.44. The fourth-order valence-corrected chi connectivity index (χ4v) is 5.05. The minimum absolute atomic E-state index is 0.138. The fourth-order valence-electron chi connectivity index (χ4n) is 5.05. The van der Waals surface area contributed by atoms with Crippen LogP contribution in [0.3, 0.4) is 0 Å². The van der Waals surface area contributed by atoms with Crippen LogP contribution in [0.5, 0.6) is 0 Å². The summed E-state index contributed by atoms with van der Waals surface area (Å²) < 4.78 is 7.60. The Morgan fingerprint density at radius 2 is 2.17 bits per heavy atom. The Morgan fingerprint density at radius 1 is 1.33 bits per heavy atom. The number of nitrogens with one attached hydrogen (secondary N) is 1. The summed E-state index contributed by atoms with van der Waals surface area (Å²) in [5.74, 6) is 2.04. The number of fused-ring (bicyclic) bond motifs is 1. The van der Waals surface area contributed by atoms with Crippen LogP contribution < -0.4 is 5.32 Å². The monoisotopic (exact) mass is 332 g/mol. The molecule has 6 nitrogen and oxygen atoms in total. The predicted molar refractivity (Wildman–Crippen MR) is 90.4 cm³/mol. The molecule has 24 heavy (non-hydrogen) atoms. The predicted octanol–water partition coefficient (Wildman–Crippen LogP) is 2.12. The Morgan fingerprint density at radius 3 is 2.88 bits per heavy atom. The highest BCUT2D eigenvalue weighted by atomic mass is 16.6. The van der Waals surface area contributed by atoms with Gasteiger partial charge in [-0.25, -0.2) is 4.79 Å². The Labute approximate surface area is 143 Å². The van der Waals surface area contributed by atoms with E-state index in [9.17, 15) is 4.79 Å². The lowest BCUT2D eigenvalue weighted by atomic mass is 9.86. The molecule has 0 spiro atoms. The maximum absolute atomic E-state index is 12.6. The van der Waals surface area contributed by atoms with E-state index in [1.54, 1.807) is 0 Å². The summed E-state index contributed by atoms with van der Waals surface area (Å²) in [5, 5.41) is 7.97. The number of carbonyl (C=O) groups excluding carboxylic acids is 1. The third kappa shape index (κ3) is 2.81. The SMILES string of the molecule is CC(C)(C)OC(=O)N1C[C@@H]2C[C@H]3C[C@H]2[C@@H]1[C@H]3NCCn1cccn1. The van der Waals surface area contributed by atoms with Crippen LogP contribution in [-0.2, 0) is 11.3 Å². The van der Waals surface area contributed by atoms with Gasteiger partial charge in [-0.1, -0.05) is 0 Å². The summed E-state index contributed by atoms with van der Waals surface area (Å²) in [5.41, 5.74) is -0.431. The van der Waals surface area contributed by atoms with E-state index in [1.807, 2.05) is 48.8 Å². The van der Waals surface area contributed by atoms with Crippen molar-refractivity contribution in [2.75, 3.05) is 13.1 Å². The van der Waals surface area contributed by atoms with Crippen LogP contribution in [0.25, 0.3) is 0 Å². The number of nitrogens with zero attached hydrogens (tertiary/aromatic N) is 3. The van der Waals surface area contributed by atoms with Gasteiger partial charge in [0.25, 0.3) is 0 Å². The number of ether oxygens (including phenoxy) is 1. The van der Waals surface area contributed by atoms with Crippen LogP contribution in [0.15, 0.2) is 18.5 Å². The Hall–Kier alpha value is -1.56. The molecule has 3 aliphatic rings. The normalized spacial score (nSPS) is 34.1. The number of amides is 1. The van der Waals surface area contributed by atoms with Gasteiger partial charge < -0.3 is 15.0 Å². The molecule has 3 fully saturated rings. The fraction of sp³-hybridized carbons (Fsp3) is 0.778. The topological polar surface area (TPSA) is 59.4 Å². The highest BCUT2D eigenvalue weighted by Gasteiger charge is 2.60. The molecular formula is C18H28N4O2. The third-order valence-electron chi connectivity index (χ3n) is 5.80. The van der Waals surface area contributed by atoms with E-state index >= 15 is 0 Å². The minimum atomic E-state index is -0.431. The zero-order valence-electron chi connectivity index (χ0n) is 14.8. The molecule has 2 saturated carbocycles. The second-order valence-corrected chi connectivity index (χ2v) is 8.53. The minimum Gasteiger partial charge on any atom is -0.444 e. The smallest absolute Gasteiger partial charge is 0.410 e. The molecule has 1 aromatic rings. The summed E-state index contributed by atoms with van der Waals surface area (Å²) in [6.07, 6.45) is 6.17. The molecule has 0 unspecified atom stereocenters. The summed E-state index contributed by atoms with van der Waals surface area (Å²) in [7, 11) is 0. The molecule has 1 aromatic heterocycles. The highest BCUT2D eigenvalue weighted by molar-refractivity contribution is 5.69. The molecule has 2 bridgehead atoms. The van der Waals surface area contributed by atoms with Crippen LogP contribution in [0, 0.1) is 17.8 Å². The van der Waals surface area contributed by atoms with E-state index in [1.165, 1.54) is 12.8 Å². The van der Waals surface area contributed by atoms with Crippen LogP contribution in [0.2, 0.25) is 0 Å². The lowest BCUT2D eigenvalue weighted by molar-refractivity contribution is 0.0193. The van der Waals surface area contributed by atoms with Crippen molar-refractivity contribution in [3.05, 3.63) is 18.5 Å². The van der Waals surface area contributed by atoms with Crippen LogP contribution in [-0.4, -0.2) is 51.5 Å². The van der Waals surface area contributed by atoms with Crippen molar-refractivity contribution in [1.82, 2.24) is 20.0 Å². The lowest BCUT2D eigenvalue weighted by Gasteiger charge is -2.34. The molecule has 5 atom stereocenters. The van der Waals surface area contributed by atoms with E-state index in [0.717, 1.165) is 19.6 Å². The van der Waals surface area contributed by atoms with E-state index in [-0.39, 0.29) is 6.09 Å². The largest absolute Gasteiger partial charge is 0.444 e. The molecule has 2 heterocycles. The summed E-state index contributed by atoms with van der Waals surface area (Å²) >= 11 is 0. The second-order valence-electron chi connectivity index (χ2n) is 8.53.